The summed E-state index contributed by atoms with van der Waals surface area (Å²) in [4.78, 5) is 19.1. The second-order valence-electron chi connectivity index (χ2n) is 1.81. The van der Waals surface area contributed by atoms with E-state index < -0.39 is 0 Å². The van der Waals surface area contributed by atoms with Crippen molar-refractivity contribution in [2.75, 3.05) is 6.54 Å². The molecule has 0 aromatic heterocycles. The first kappa shape index (κ1) is 16.7. The van der Waals surface area contributed by atoms with E-state index >= 15 is 0 Å². The van der Waals surface area contributed by atoms with Crippen LogP contribution in [0.2, 0.25) is 0 Å². The highest BCUT2D eigenvalue weighted by Crippen LogP contribution is 1.51. The molecule has 0 unspecified atom stereocenters. The van der Waals surface area contributed by atoms with Crippen molar-refractivity contribution in [3.05, 3.63) is 0 Å². The SMILES string of the molecule is CC.CC(=O)CN.CC(C)=O. The first-order valence-corrected chi connectivity index (χ1v) is 3.67. The quantitative estimate of drug-likeness (QED) is 0.627. The van der Waals surface area contributed by atoms with Gasteiger partial charge in [0.2, 0.25) is 0 Å². The van der Waals surface area contributed by atoms with Gasteiger partial charge in [0.25, 0.3) is 0 Å². The zero-order valence-electron chi connectivity index (χ0n) is 8.10. The van der Waals surface area contributed by atoms with Crippen LogP contribution in [0, 0.1) is 0 Å². The number of carbonyl (C=O) groups is 2. The molecule has 0 amide bonds. The van der Waals surface area contributed by atoms with Gasteiger partial charge in [-0.05, 0) is 20.8 Å². The first-order chi connectivity index (χ1) is 5.00. The van der Waals surface area contributed by atoms with Gasteiger partial charge in [-0.3, -0.25) is 4.79 Å². The van der Waals surface area contributed by atoms with Crippen molar-refractivity contribution in [1.29, 1.82) is 0 Å². The third kappa shape index (κ3) is 293. The molecule has 3 heteroatoms. The van der Waals surface area contributed by atoms with Gasteiger partial charge in [0.1, 0.15) is 11.6 Å². The lowest BCUT2D eigenvalue weighted by Crippen LogP contribution is -2.07. The summed E-state index contributed by atoms with van der Waals surface area (Å²) in [7, 11) is 0. The molecule has 0 rings (SSSR count). The van der Waals surface area contributed by atoms with Crippen molar-refractivity contribution >= 4 is 11.6 Å². The monoisotopic (exact) mass is 161 g/mol. The summed E-state index contributed by atoms with van der Waals surface area (Å²) < 4.78 is 0. The van der Waals surface area contributed by atoms with Crippen molar-refractivity contribution in [1.82, 2.24) is 0 Å². The number of rotatable bonds is 1. The van der Waals surface area contributed by atoms with Crippen molar-refractivity contribution < 1.29 is 9.59 Å². The van der Waals surface area contributed by atoms with Gasteiger partial charge in [-0.15, -0.1) is 0 Å². The minimum Gasteiger partial charge on any atom is -0.324 e. The van der Waals surface area contributed by atoms with Crippen LogP contribution in [0.1, 0.15) is 34.6 Å². The molecule has 0 spiro atoms. The van der Waals surface area contributed by atoms with Crippen LogP contribution in [0.5, 0.6) is 0 Å². The van der Waals surface area contributed by atoms with E-state index in [0.29, 0.717) is 0 Å². The molecule has 0 atom stereocenters. The standard InChI is InChI=1S/C3H7NO.C3H6O.C2H6/c1-3(5)2-4;1-3(2)4;1-2/h2,4H2,1H3;1-2H3;1-2H3. The fraction of sp³-hybridized carbons (Fsp3) is 0.750. The van der Waals surface area contributed by atoms with Gasteiger partial charge in [0.05, 0.1) is 6.54 Å². The summed E-state index contributed by atoms with van der Waals surface area (Å²) in [5, 5.41) is 0. The van der Waals surface area contributed by atoms with Crippen LogP contribution >= 0.6 is 0 Å². The molecule has 11 heavy (non-hydrogen) atoms. The molecule has 0 saturated carbocycles. The molecule has 0 aliphatic heterocycles. The third-order valence-electron chi connectivity index (χ3n) is 0.287. The highest BCUT2D eigenvalue weighted by atomic mass is 16.1. The van der Waals surface area contributed by atoms with Crippen molar-refractivity contribution in [2.24, 2.45) is 5.73 Å². The van der Waals surface area contributed by atoms with Crippen molar-refractivity contribution in [3.63, 3.8) is 0 Å². The second-order valence-corrected chi connectivity index (χ2v) is 1.81. The second kappa shape index (κ2) is 16.1. The predicted molar refractivity (Wildman–Crippen MR) is 47.4 cm³/mol. The molecule has 3 nitrogen and oxygen atoms in total. The van der Waals surface area contributed by atoms with E-state index in [1.54, 1.807) is 0 Å². The van der Waals surface area contributed by atoms with Gasteiger partial charge in [0.15, 0.2) is 0 Å². The maximum absolute atomic E-state index is 9.69. The highest BCUT2D eigenvalue weighted by molar-refractivity contribution is 5.77. The molecule has 0 radical (unpaired) electrons. The molecule has 68 valence electrons. The van der Waals surface area contributed by atoms with Crippen LogP contribution in [-0.2, 0) is 9.59 Å². The number of hydrogen-bond acceptors (Lipinski definition) is 3. The lowest BCUT2D eigenvalue weighted by molar-refractivity contribution is -0.116. The van der Waals surface area contributed by atoms with Crippen LogP contribution in [0.3, 0.4) is 0 Å². The van der Waals surface area contributed by atoms with E-state index in [4.69, 9.17) is 5.73 Å². The Kier molecular flexibility index (Phi) is 24.5. The van der Waals surface area contributed by atoms with Gasteiger partial charge in [0, 0.05) is 0 Å². The zero-order valence-corrected chi connectivity index (χ0v) is 8.10. The lowest BCUT2D eigenvalue weighted by Gasteiger charge is -1.73. The Balaban J connectivity index is -0.0000000965. The summed E-state index contributed by atoms with van der Waals surface area (Å²) >= 11 is 0. The van der Waals surface area contributed by atoms with Crippen LogP contribution in [0.15, 0.2) is 0 Å². The third-order valence-corrected chi connectivity index (χ3v) is 0.287. The molecule has 0 saturated heterocycles. The van der Waals surface area contributed by atoms with Crippen LogP contribution in [0.4, 0.5) is 0 Å². The Morgan fingerprint density at radius 1 is 1.09 bits per heavy atom. The van der Waals surface area contributed by atoms with Crippen LogP contribution in [0.25, 0.3) is 0 Å². The number of carbonyl (C=O) groups excluding carboxylic acids is 2. The molecule has 0 aromatic rings. The Morgan fingerprint density at radius 3 is 1.18 bits per heavy atom. The maximum atomic E-state index is 9.69. The smallest absolute Gasteiger partial charge is 0.143 e. The summed E-state index contributed by atoms with van der Waals surface area (Å²) in [6.07, 6.45) is 0. The average molecular weight is 161 g/mol. The molecular formula is C8H19NO2. The van der Waals surface area contributed by atoms with E-state index in [1.807, 2.05) is 13.8 Å². The number of Topliss-reactive ketones (excluding diaryl/α,β-unsaturated/α-hetero) is 2. The molecule has 2 N–H and O–H groups in total. The van der Waals surface area contributed by atoms with Gasteiger partial charge in [-0.25, -0.2) is 0 Å². The lowest BCUT2D eigenvalue weighted by atomic mass is 10.5. The Hall–Kier alpha value is -0.700. The van der Waals surface area contributed by atoms with E-state index in [2.05, 4.69) is 0 Å². The summed E-state index contributed by atoms with van der Waals surface area (Å²) in [6, 6.07) is 0. The van der Waals surface area contributed by atoms with E-state index in [1.165, 1.54) is 20.8 Å². The molecule has 0 heterocycles. The average Bonchev–Trinajstić information content (AvgIpc) is 1.91. The number of hydrogen-bond donors (Lipinski definition) is 1. The molecule has 0 aromatic carbocycles. The highest BCUT2D eigenvalue weighted by Gasteiger charge is 1.76. The zero-order chi connectivity index (χ0) is 9.86. The molecule has 0 bridgehead atoms. The topological polar surface area (TPSA) is 60.2 Å². The summed E-state index contributed by atoms with van der Waals surface area (Å²) in [5.74, 6) is 0.199. The Labute approximate surface area is 69.0 Å². The minimum atomic E-state index is 0.0324. The Bertz CT molecular complexity index is 96.3. The first-order valence-electron chi connectivity index (χ1n) is 3.67. The Morgan fingerprint density at radius 2 is 1.18 bits per heavy atom. The fourth-order valence-corrected chi connectivity index (χ4v) is 0. The maximum Gasteiger partial charge on any atom is 0.143 e. The van der Waals surface area contributed by atoms with Crippen LogP contribution < -0.4 is 5.73 Å². The van der Waals surface area contributed by atoms with Gasteiger partial charge in [-0.1, -0.05) is 13.8 Å². The fourth-order valence-electron chi connectivity index (χ4n) is 0. The largest absolute Gasteiger partial charge is 0.324 e. The molecular weight excluding hydrogens is 142 g/mol. The number of nitrogens with two attached hydrogens (primary N) is 1. The summed E-state index contributed by atoms with van der Waals surface area (Å²) in [6.45, 7) is 8.68. The van der Waals surface area contributed by atoms with Crippen molar-refractivity contribution in [2.45, 2.75) is 34.6 Å². The summed E-state index contributed by atoms with van der Waals surface area (Å²) in [5.41, 5.74) is 4.82. The van der Waals surface area contributed by atoms with E-state index in [9.17, 15) is 9.59 Å². The van der Waals surface area contributed by atoms with Gasteiger partial charge < -0.3 is 10.5 Å². The molecule has 0 aliphatic carbocycles. The molecule has 0 aliphatic rings. The normalized spacial score (nSPS) is 6.36. The predicted octanol–water partition coefficient (Wildman–Crippen LogP) is 1.16. The van der Waals surface area contributed by atoms with Gasteiger partial charge >= 0.3 is 0 Å². The minimum absolute atomic E-state index is 0.0324. The molecule has 0 fully saturated rings. The van der Waals surface area contributed by atoms with Gasteiger partial charge in [-0.2, -0.15) is 0 Å². The number of ketones is 2. The van der Waals surface area contributed by atoms with Crippen LogP contribution in [-0.4, -0.2) is 18.1 Å². The van der Waals surface area contributed by atoms with E-state index in [0.717, 1.165) is 0 Å². The van der Waals surface area contributed by atoms with Crippen molar-refractivity contribution in [3.8, 4) is 0 Å². The van der Waals surface area contributed by atoms with E-state index in [-0.39, 0.29) is 18.1 Å².